The number of aromatic nitrogens is 1. The van der Waals surface area contributed by atoms with Gasteiger partial charge < -0.3 is 10.6 Å². The highest BCUT2D eigenvalue weighted by atomic mass is 16.1. The molecule has 0 unspecified atom stereocenters. The van der Waals surface area contributed by atoms with Gasteiger partial charge in [-0.25, -0.2) is 0 Å². The van der Waals surface area contributed by atoms with Crippen LogP contribution in [0.25, 0.3) is 10.9 Å². The van der Waals surface area contributed by atoms with E-state index < -0.39 is 0 Å². The largest absolute Gasteiger partial charge is 0.376 e. The van der Waals surface area contributed by atoms with Crippen molar-refractivity contribution in [3.05, 3.63) is 36.0 Å². The number of benzene rings is 1. The van der Waals surface area contributed by atoms with Crippen molar-refractivity contribution in [1.29, 1.82) is 0 Å². The molecule has 2 N–H and O–H groups in total. The van der Waals surface area contributed by atoms with Gasteiger partial charge in [-0.3, -0.25) is 9.78 Å². The molecule has 0 saturated carbocycles. The molecule has 0 bridgehead atoms. The summed E-state index contributed by atoms with van der Waals surface area (Å²) >= 11 is 0. The summed E-state index contributed by atoms with van der Waals surface area (Å²) in [6, 6.07) is 8.00. The number of carbonyl (C=O) groups excluding carboxylic acids is 1. The number of hydrogen-bond donors (Lipinski definition) is 2. The van der Waals surface area contributed by atoms with Crippen LogP contribution in [0.2, 0.25) is 0 Å². The fourth-order valence-corrected chi connectivity index (χ4v) is 1.92. The zero-order valence-corrected chi connectivity index (χ0v) is 11.4. The fraction of sp³-hybridized carbons (Fsp3) is 0.333. The number of hydrogen-bond acceptors (Lipinski definition) is 3. The van der Waals surface area contributed by atoms with E-state index in [1.165, 1.54) is 5.56 Å². The van der Waals surface area contributed by atoms with Crippen LogP contribution in [0.3, 0.4) is 0 Å². The summed E-state index contributed by atoms with van der Waals surface area (Å²) in [5.74, 6) is 0.0134. The van der Waals surface area contributed by atoms with E-state index in [2.05, 4.69) is 21.7 Å². The first-order valence-electron chi connectivity index (χ1n) is 6.56. The molecular weight excluding hydrogens is 238 g/mol. The van der Waals surface area contributed by atoms with Gasteiger partial charge in [0.25, 0.3) is 0 Å². The van der Waals surface area contributed by atoms with E-state index in [1.54, 1.807) is 6.20 Å². The molecule has 0 saturated heterocycles. The van der Waals surface area contributed by atoms with E-state index in [1.807, 2.05) is 32.0 Å². The Balaban J connectivity index is 2.12. The Bertz CT molecular complexity index is 581. The van der Waals surface area contributed by atoms with Gasteiger partial charge in [0.1, 0.15) is 0 Å². The van der Waals surface area contributed by atoms with Crippen LogP contribution in [0.15, 0.2) is 30.5 Å². The van der Waals surface area contributed by atoms with Gasteiger partial charge in [0.2, 0.25) is 5.91 Å². The van der Waals surface area contributed by atoms with Gasteiger partial charge in [0, 0.05) is 23.8 Å². The number of rotatable bonds is 5. The Kier molecular flexibility index (Phi) is 4.34. The Morgan fingerprint density at radius 2 is 2.16 bits per heavy atom. The van der Waals surface area contributed by atoms with Crippen LogP contribution in [0.1, 0.15) is 18.9 Å². The molecule has 2 aromatic rings. The molecular formula is C15H19N3O. The first-order valence-corrected chi connectivity index (χ1v) is 6.56. The summed E-state index contributed by atoms with van der Waals surface area (Å²) in [7, 11) is 0. The van der Waals surface area contributed by atoms with Crippen molar-refractivity contribution in [1.82, 2.24) is 10.3 Å². The summed E-state index contributed by atoms with van der Waals surface area (Å²) in [6.07, 6.45) is 2.70. The number of nitrogens with one attached hydrogen (secondary N) is 2. The standard InChI is InChI=1S/C15H19N3O/c1-3-7-17-15(19)10-18-14-6-8-16-13-5-4-11(2)9-12(13)14/h4-6,8-9H,3,7,10H2,1-2H3,(H,16,18)(H,17,19). The van der Waals surface area contributed by atoms with Gasteiger partial charge in [-0.15, -0.1) is 0 Å². The highest BCUT2D eigenvalue weighted by Crippen LogP contribution is 2.22. The van der Waals surface area contributed by atoms with E-state index in [-0.39, 0.29) is 12.5 Å². The van der Waals surface area contributed by atoms with Crippen LogP contribution in [-0.2, 0) is 4.79 Å². The van der Waals surface area contributed by atoms with Gasteiger partial charge in [-0.2, -0.15) is 0 Å². The summed E-state index contributed by atoms with van der Waals surface area (Å²) in [6.45, 7) is 5.08. The third kappa shape index (κ3) is 3.44. The van der Waals surface area contributed by atoms with Crippen molar-refractivity contribution < 1.29 is 4.79 Å². The maximum atomic E-state index is 11.6. The summed E-state index contributed by atoms with van der Waals surface area (Å²) < 4.78 is 0. The lowest BCUT2D eigenvalue weighted by Gasteiger charge is -2.10. The smallest absolute Gasteiger partial charge is 0.239 e. The lowest BCUT2D eigenvalue weighted by atomic mass is 10.1. The molecule has 1 amide bonds. The first kappa shape index (κ1) is 13.3. The van der Waals surface area contributed by atoms with Gasteiger partial charge in [0.15, 0.2) is 0 Å². The molecule has 0 aliphatic rings. The average Bonchev–Trinajstić information content (AvgIpc) is 2.42. The summed E-state index contributed by atoms with van der Waals surface area (Å²) in [5.41, 5.74) is 3.06. The monoisotopic (exact) mass is 257 g/mol. The lowest BCUT2D eigenvalue weighted by molar-refractivity contribution is -0.119. The summed E-state index contributed by atoms with van der Waals surface area (Å²) in [5, 5.41) is 7.06. The number of fused-ring (bicyclic) bond motifs is 1. The Hall–Kier alpha value is -2.10. The number of anilines is 1. The lowest BCUT2D eigenvalue weighted by Crippen LogP contribution is -2.30. The van der Waals surface area contributed by atoms with Crippen LogP contribution in [0.5, 0.6) is 0 Å². The van der Waals surface area contributed by atoms with Crippen molar-refractivity contribution in [3.8, 4) is 0 Å². The van der Waals surface area contributed by atoms with Gasteiger partial charge in [-0.1, -0.05) is 18.6 Å². The molecule has 1 heterocycles. The zero-order chi connectivity index (χ0) is 13.7. The Labute approximate surface area is 113 Å². The van der Waals surface area contributed by atoms with Crippen LogP contribution in [0, 0.1) is 6.92 Å². The minimum atomic E-state index is 0.0134. The van der Waals surface area contributed by atoms with Crippen LogP contribution in [0.4, 0.5) is 5.69 Å². The van der Waals surface area contributed by atoms with Crippen molar-refractivity contribution in [2.75, 3.05) is 18.4 Å². The molecule has 1 aromatic heterocycles. The number of carbonyl (C=O) groups is 1. The molecule has 4 heteroatoms. The predicted octanol–water partition coefficient (Wildman–Crippen LogP) is 2.48. The maximum absolute atomic E-state index is 11.6. The second-order valence-corrected chi connectivity index (χ2v) is 4.58. The fourth-order valence-electron chi connectivity index (χ4n) is 1.92. The number of amides is 1. The highest BCUT2D eigenvalue weighted by molar-refractivity contribution is 5.93. The van der Waals surface area contributed by atoms with E-state index in [0.717, 1.165) is 29.6 Å². The zero-order valence-electron chi connectivity index (χ0n) is 11.4. The van der Waals surface area contributed by atoms with Gasteiger partial charge in [0.05, 0.1) is 12.1 Å². The molecule has 2 rings (SSSR count). The molecule has 19 heavy (non-hydrogen) atoms. The maximum Gasteiger partial charge on any atom is 0.239 e. The number of pyridine rings is 1. The van der Waals surface area contributed by atoms with Gasteiger partial charge in [-0.05, 0) is 31.5 Å². The normalized spacial score (nSPS) is 10.4. The SMILES string of the molecule is CCCNC(=O)CNc1ccnc2ccc(C)cc12. The Morgan fingerprint density at radius 3 is 2.95 bits per heavy atom. The quantitative estimate of drug-likeness (QED) is 0.865. The molecule has 0 aliphatic carbocycles. The van der Waals surface area contributed by atoms with Crippen LogP contribution < -0.4 is 10.6 Å². The topological polar surface area (TPSA) is 54.0 Å². The minimum Gasteiger partial charge on any atom is -0.376 e. The molecule has 100 valence electrons. The second kappa shape index (κ2) is 6.18. The number of nitrogens with zero attached hydrogens (tertiary/aromatic N) is 1. The highest BCUT2D eigenvalue weighted by Gasteiger charge is 2.04. The van der Waals surface area contributed by atoms with Crippen LogP contribution >= 0.6 is 0 Å². The van der Waals surface area contributed by atoms with E-state index in [0.29, 0.717) is 0 Å². The summed E-state index contributed by atoms with van der Waals surface area (Å²) in [4.78, 5) is 15.9. The molecule has 0 radical (unpaired) electrons. The molecule has 0 aliphatic heterocycles. The average molecular weight is 257 g/mol. The van der Waals surface area contributed by atoms with Crippen molar-refractivity contribution in [2.24, 2.45) is 0 Å². The number of aryl methyl sites for hydroxylation is 1. The van der Waals surface area contributed by atoms with Crippen molar-refractivity contribution >= 4 is 22.5 Å². The second-order valence-electron chi connectivity index (χ2n) is 4.58. The van der Waals surface area contributed by atoms with E-state index >= 15 is 0 Å². The third-order valence-electron chi connectivity index (χ3n) is 2.91. The first-order chi connectivity index (χ1) is 9.20. The van der Waals surface area contributed by atoms with Crippen molar-refractivity contribution in [2.45, 2.75) is 20.3 Å². The molecule has 1 aromatic carbocycles. The van der Waals surface area contributed by atoms with Gasteiger partial charge >= 0.3 is 0 Å². The molecule has 0 fully saturated rings. The van der Waals surface area contributed by atoms with E-state index in [9.17, 15) is 4.79 Å². The third-order valence-corrected chi connectivity index (χ3v) is 2.91. The van der Waals surface area contributed by atoms with Crippen LogP contribution in [-0.4, -0.2) is 24.0 Å². The Morgan fingerprint density at radius 1 is 1.32 bits per heavy atom. The predicted molar refractivity (Wildman–Crippen MR) is 78.3 cm³/mol. The molecule has 0 atom stereocenters. The van der Waals surface area contributed by atoms with Crippen molar-refractivity contribution in [3.63, 3.8) is 0 Å². The van der Waals surface area contributed by atoms with E-state index in [4.69, 9.17) is 0 Å². The minimum absolute atomic E-state index is 0.0134. The molecule has 4 nitrogen and oxygen atoms in total. The molecule has 0 spiro atoms.